The van der Waals surface area contributed by atoms with Gasteiger partial charge in [-0.2, -0.15) is 46.3 Å². The van der Waals surface area contributed by atoms with E-state index >= 15 is 0 Å². The molecule has 0 radical (unpaired) electrons. The number of alkyl halides is 6. The number of nitrogens with zero attached hydrogens (tertiary/aromatic N) is 9. The predicted octanol–water partition coefficient (Wildman–Crippen LogP) is 9.49. The van der Waals surface area contributed by atoms with Gasteiger partial charge in [0.05, 0.1) is 39.5 Å². The van der Waals surface area contributed by atoms with Crippen LogP contribution in [0.5, 0.6) is 0 Å². The van der Waals surface area contributed by atoms with Gasteiger partial charge in [-0.1, -0.05) is 37.6 Å². The van der Waals surface area contributed by atoms with Crippen molar-refractivity contribution in [3.05, 3.63) is 125 Å². The van der Waals surface area contributed by atoms with E-state index in [0.717, 1.165) is 52.6 Å². The third-order valence-electron chi connectivity index (χ3n) is 8.65. The van der Waals surface area contributed by atoms with Crippen LogP contribution in [0.25, 0.3) is 33.7 Å². The smallest absolute Gasteiger partial charge is 0.383 e. The highest BCUT2D eigenvalue weighted by molar-refractivity contribution is 6.31. The van der Waals surface area contributed by atoms with Gasteiger partial charge < -0.3 is 22.1 Å². The van der Waals surface area contributed by atoms with Crippen molar-refractivity contribution in [2.45, 2.75) is 39.0 Å². The Labute approximate surface area is 336 Å². The van der Waals surface area contributed by atoms with Crippen molar-refractivity contribution in [2.75, 3.05) is 22.1 Å². The molecule has 59 heavy (non-hydrogen) atoms. The van der Waals surface area contributed by atoms with Gasteiger partial charge in [-0.25, -0.2) is 15.0 Å². The maximum absolute atomic E-state index is 12.8. The molecule has 0 amide bonds. The van der Waals surface area contributed by atoms with Crippen LogP contribution in [0.15, 0.2) is 97.2 Å². The van der Waals surface area contributed by atoms with Gasteiger partial charge in [-0.15, -0.1) is 0 Å². The number of para-hydroxylation sites is 2. The number of pyridine rings is 1. The molecular weight excluding hydrogens is 800 g/mol. The van der Waals surface area contributed by atoms with Crippen molar-refractivity contribution in [2.24, 2.45) is 0 Å². The van der Waals surface area contributed by atoms with Crippen LogP contribution in [-0.4, -0.2) is 44.0 Å². The number of rotatable bonds is 8. The topological polar surface area (TPSA) is 176 Å². The standard InChI is InChI=1S/C20H16ClF3N6.C19H16F3N7/c1-2-17-27-14-9-12(21)5-8-15(14)30(17)18-10-16(25)28-19(29-18)26-13-6-3-11(4-7-13)20(22,23)24;1-2-16-26-12-5-3-4-6-13(12)29(16)17-9-15(23)27-18(28-17)25-11-7-8-14(24-10-11)19(20,21)22/h3-10H,2H2,1H3,(H3,25,26,28,29);3-10H,2H2,1H3,(H3,23,25,27,28). The Balaban J connectivity index is 0.000000179. The number of nitrogens with two attached hydrogens (primary N) is 2. The third-order valence-corrected chi connectivity index (χ3v) is 8.89. The molecule has 0 atom stereocenters. The maximum Gasteiger partial charge on any atom is 0.433 e. The van der Waals surface area contributed by atoms with E-state index in [1.54, 1.807) is 24.3 Å². The zero-order chi connectivity index (χ0) is 42.1. The van der Waals surface area contributed by atoms with Crippen molar-refractivity contribution < 1.29 is 26.3 Å². The largest absolute Gasteiger partial charge is 0.433 e. The molecule has 8 aromatic rings. The maximum atomic E-state index is 12.8. The number of benzene rings is 3. The van der Waals surface area contributed by atoms with E-state index in [-0.39, 0.29) is 23.5 Å². The van der Waals surface area contributed by atoms with Crippen molar-refractivity contribution in [1.29, 1.82) is 0 Å². The highest BCUT2D eigenvalue weighted by atomic mass is 35.5. The molecule has 0 aliphatic heterocycles. The van der Waals surface area contributed by atoms with Gasteiger partial charge in [0.25, 0.3) is 0 Å². The lowest BCUT2D eigenvalue weighted by Crippen LogP contribution is -2.09. The second-order valence-electron chi connectivity index (χ2n) is 12.8. The lowest BCUT2D eigenvalue weighted by atomic mass is 10.2. The summed E-state index contributed by atoms with van der Waals surface area (Å²) < 4.78 is 80.0. The highest BCUT2D eigenvalue weighted by Crippen LogP contribution is 2.32. The fraction of sp³-hybridized carbons (Fsp3) is 0.154. The summed E-state index contributed by atoms with van der Waals surface area (Å²) in [7, 11) is 0. The number of fused-ring (bicyclic) bond motifs is 2. The molecule has 0 aliphatic rings. The normalized spacial score (nSPS) is 11.7. The number of imidazole rings is 2. The summed E-state index contributed by atoms with van der Waals surface area (Å²) in [6.45, 7) is 3.94. The molecule has 302 valence electrons. The van der Waals surface area contributed by atoms with Gasteiger partial charge in [0.2, 0.25) is 11.9 Å². The molecule has 13 nitrogen and oxygen atoms in total. The summed E-state index contributed by atoms with van der Waals surface area (Å²) in [5, 5.41) is 6.31. The van der Waals surface area contributed by atoms with Crippen molar-refractivity contribution in [1.82, 2.24) is 44.0 Å². The molecule has 0 saturated carbocycles. The Morgan fingerprint density at radius 2 is 1.14 bits per heavy atom. The van der Waals surface area contributed by atoms with Crippen LogP contribution in [0.4, 0.5) is 61.2 Å². The van der Waals surface area contributed by atoms with Crippen LogP contribution in [0.3, 0.4) is 0 Å². The fourth-order valence-electron chi connectivity index (χ4n) is 6.05. The van der Waals surface area contributed by atoms with Gasteiger partial charge >= 0.3 is 12.4 Å². The molecule has 5 aromatic heterocycles. The van der Waals surface area contributed by atoms with E-state index in [1.807, 2.05) is 53.3 Å². The quantitative estimate of drug-likeness (QED) is 0.107. The molecule has 0 spiro atoms. The number of nitrogen functional groups attached to an aromatic ring is 2. The SMILES string of the molecule is CCc1nc2cc(Cl)ccc2n1-c1cc(N)nc(Nc2ccc(C(F)(F)F)cc2)n1.CCc1nc2ccccc2n1-c1cc(N)nc(Nc2ccc(C(F)(F)F)nc2)n1. The molecule has 0 bridgehead atoms. The number of anilines is 6. The summed E-state index contributed by atoms with van der Waals surface area (Å²) >= 11 is 6.07. The van der Waals surface area contributed by atoms with E-state index in [9.17, 15) is 26.3 Å². The molecule has 0 unspecified atom stereocenters. The molecule has 3 aromatic carbocycles. The van der Waals surface area contributed by atoms with Gasteiger partial charge in [0, 0.05) is 35.7 Å². The summed E-state index contributed by atoms with van der Waals surface area (Å²) in [6, 6.07) is 22.9. The van der Waals surface area contributed by atoms with Gasteiger partial charge in [-0.05, 0) is 66.7 Å². The number of halogens is 7. The van der Waals surface area contributed by atoms with Gasteiger partial charge in [0.15, 0.2) is 0 Å². The van der Waals surface area contributed by atoms with Gasteiger partial charge in [0.1, 0.15) is 40.6 Å². The minimum atomic E-state index is -4.50. The van der Waals surface area contributed by atoms with E-state index in [0.29, 0.717) is 46.4 Å². The highest BCUT2D eigenvalue weighted by Gasteiger charge is 2.32. The van der Waals surface area contributed by atoms with Crippen molar-refractivity contribution in [3.63, 3.8) is 0 Å². The number of nitrogens with one attached hydrogen (secondary N) is 2. The Kier molecular flexibility index (Phi) is 11.0. The minimum Gasteiger partial charge on any atom is -0.383 e. The van der Waals surface area contributed by atoms with Crippen LogP contribution >= 0.6 is 11.6 Å². The van der Waals surface area contributed by atoms with Crippen molar-refractivity contribution in [3.8, 4) is 11.6 Å². The summed E-state index contributed by atoms with van der Waals surface area (Å²) in [5.74, 6) is 3.25. The zero-order valence-corrected chi connectivity index (χ0v) is 31.7. The first-order valence-corrected chi connectivity index (χ1v) is 18.1. The first-order chi connectivity index (χ1) is 28.1. The number of aromatic nitrogens is 9. The van der Waals surface area contributed by atoms with Gasteiger partial charge in [-0.3, -0.25) is 9.13 Å². The monoisotopic (exact) mass is 831 g/mol. The van der Waals surface area contributed by atoms with E-state index in [2.05, 4.69) is 45.5 Å². The molecule has 0 saturated heterocycles. The minimum absolute atomic E-state index is 0.140. The Morgan fingerprint density at radius 1 is 0.593 bits per heavy atom. The molecule has 0 fully saturated rings. The molecule has 20 heteroatoms. The van der Waals surface area contributed by atoms with E-state index < -0.39 is 23.6 Å². The second-order valence-corrected chi connectivity index (χ2v) is 13.2. The number of hydrogen-bond acceptors (Lipinski definition) is 11. The Morgan fingerprint density at radius 3 is 1.68 bits per heavy atom. The first-order valence-electron chi connectivity index (χ1n) is 17.8. The molecule has 6 N–H and O–H groups in total. The third kappa shape index (κ3) is 8.94. The van der Waals surface area contributed by atoms with Crippen LogP contribution < -0.4 is 22.1 Å². The van der Waals surface area contributed by atoms with E-state index in [1.165, 1.54) is 18.2 Å². The fourth-order valence-corrected chi connectivity index (χ4v) is 6.21. The average molecular weight is 832 g/mol. The molecule has 5 heterocycles. The van der Waals surface area contributed by atoms with Crippen LogP contribution in [-0.2, 0) is 25.2 Å². The zero-order valence-electron chi connectivity index (χ0n) is 31.0. The number of aryl methyl sites for hydroxylation is 2. The van der Waals surface area contributed by atoms with Crippen LogP contribution in [0.1, 0.15) is 36.8 Å². The summed E-state index contributed by atoms with van der Waals surface area (Å²) in [4.78, 5) is 29.8. The lowest BCUT2D eigenvalue weighted by molar-refractivity contribution is -0.141. The predicted molar refractivity (Wildman–Crippen MR) is 213 cm³/mol. The number of hydrogen-bond donors (Lipinski definition) is 4. The second kappa shape index (κ2) is 16.1. The van der Waals surface area contributed by atoms with Crippen LogP contribution in [0, 0.1) is 0 Å². The average Bonchev–Trinajstić information content (AvgIpc) is 3.75. The summed E-state index contributed by atoms with van der Waals surface area (Å²) in [5.41, 5.74) is 14.1. The van der Waals surface area contributed by atoms with Crippen LogP contribution in [0.2, 0.25) is 5.02 Å². The van der Waals surface area contributed by atoms with E-state index in [4.69, 9.17) is 23.1 Å². The Hall–Kier alpha value is -7.02. The lowest BCUT2D eigenvalue weighted by Gasteiger charge is -2.12. The first kappa shape index (κ1) is 40.2. The van der Waals surface area contributed by atoms with Crippen molar-refractivity contribution >= 4 is 68.6 Å². The summed E-state index contributed by atoms with van der Waals surface area (Å²) in [6.07, 6.45) is -6.53. The Bertz CT molecular complexity index is 2770. The molecule has 8 rings (SSSR count). The molecular formula is C39H32ClF6N13. The molecule has 0 aliphatic carbocycles.